The van der Waals surface area contributed by atoms with E-state index in [0.29, 0.717) is 17.3 Å². The third-order valence-corrected chi connectivity index (χ3v) is 2.77. The van der Waals surface area contributed by atoms with E-state index in [1.807, 2.05) is 0 Å². The molecule has 1 aromatic carbocycles. The molecule has 0 aliphatic carbocycles. The molecule has 4 nitrogen and oxygen atoms in total. The minimum absolute atomic E-state index is 0.0492. The summed E-state index contributed by atoms with van der Waals surface area (Å²) >= 11 is 5.93. The molecule has 1 unspecified atom stereocenters. The van der Waals surface area contributed by atoms with Gasteiger partial charge in [-0.3, -0.25) is 4.79 Å². The average Bonchev–Trinajstić information content (AvgIpc) is 2.29. The van der Waals surface area contributed by atoms with Gasteiger partial charge in [-0.25, -0.2) is 0 Å². The fourth-order valence-electron chi connectivity index (χ4n) is 1.78. The van der Waals surface area contributed by atoms with Crippen molar-refractivity contribution in [3.63, 3.8) is 0 Å². The van der Waals surface area contributed by atoms with E-state index in [2.05, 4.69) is 10.6 Å². The molecule has 1 aromatic rings. The van der Waals surface area contributed by atoms with Crippen molar-refractivity contribution >= 4 is 17.5 Å². The first-order valence-electron chi connectivity index (χ1n) is 5.07. The van der Waals surface area contributed by atoms with Crippen molar-refractivity contribution in [2.75, 3.05) is 20.2 Å². The predicted molar refractivity (Wildman–Crippen MR) is 61.8 cm³/mol. The van der Waals surface area contributed by atoms with Gasteiger partial charge in [-0.15, -0.1) is 0 Å². The Labute approximate surface area is 98.9 Å². The standard InChI is InChI=1S/C11H13ClN2O2/c1-16-9-3-2-7(12)6-8(9)10-11(15)14-5-4-13-10/h2-3,6,10,13H,4-5H2,1H3,(H,14,15). The van der Waals surface area contributed by atoms with Crippen molar-refractivity contribution in [1.29, 1.82) is 0 Å². The van der Waals surface area contributed by atoms with Crippen LogP contribution in [-0.4, -0.2) is 26.1 Å². The normalized spacial score (nSPS) is 20.4. The third-order valence-electron chi connectivity index (χ3n) is 2.54. The van der Waals surface area contributed by atoms with Gasteiger partial charge < -0.3 is 15.4 Å². The summed E-state index contributed by atoms with van der Waals surface area (Å²) in [4.78, 5) is 11.7. The first-order chi connectivity index (χ1) is 7.72. The van der Waals surface area contributed by atoms with Gasteiger partial charge in [-0.2, -0.15) is 0 Å². The van der Waals surface area contributed by atoms with Crippen LogP contribution in [0.1, 0.15) is 11.6 Å². The van der Waals surface area contributed by atoms with Crippen molar-refractivity contribution in [3.8, 4) is 5.75 Å². The highest BCUT2D eigenvalue weighted by Gasteiger charge is 2.26. The molecule has 1 saturated heterocycles. The maximum absolute atomic E-state index is 11.7. The van der Waals surface area contributed by atoms with Crippen LogP contribution < -0.4 is 15.4 Å². The maximum atomic E-state index is 11.7. The highest BCUT2D eigenvalue weighted by atomic mass is 35.5. The lowest BCUT2D eigenvalue weighted by Gasteiger charge is -2.25. The second-order valence-electron chi connectivity index (χ2n) is 3.56. The number of piperazine rings is 1. The minimum Gasteiger partial charge on any atom is -0.496 e. The maximum Gasteiger partial charge on any atom is 0.241 e. The van der Waals surface area contributed by atoms with Crippen LogP contribution in [-0.2, 0) is 4.79 Å². The first kappa shape index (κ1) is 11.2. The van der Waals surface area contributed by atoms with Gasteiger partial charge >= 0.3 is 0 Å². The van der Waals surface area contributed by atoms with E-state index in [9.17, 15) is 4.79 Å². The van der Waals surface area contributed by atoms with Crippen LogP contribution in [0.4, 0.5) is 0 Å². The second-order valence-corrected chi connectivity index (χ2v) is 4.00. The molecule has 0 aromatic heterocycles. The monoisotopic (exact) mass is 240 g/mol. The number of amides is 1. The number of carbonyl (C=O) groups is 1. The molecule has 1 atom stereocenters. The van der Waals surface area contributed by atoms with Gasteiger partial charge in [0.15, 0.2) is 0 Å². The number of benzene rings is 1. The van der Waals surface area contributed by atoms with E-state index in [4.69, 9.17) is 16.3 Å². The van der Waals surface area contributed by atoms with Crippen LogP contribution in [0, 0.1) is 0 Å². The van der Waals surface area contributed by atoms with Crippen molar-refractivity contribution < 1.29 is 9.53 Å². The van der Waals surface area contributed by atoms with Gasteiger partial charge in [0, 0.05) is 23.7 Å². The number of halogens is 1. The Morgan fingerprint density at radius 1 is 1.44 bits per heavy atom. The predicted octanol–water partition coefficient (Wildman–Crippen LogP) is 1.11. The molecule has 1 amide bonds. The lowest BCUT2D eigenvalue weighted by molar-refractivity contribution is -0.124. The zero-order valence-corrected chi connectivity index (χ0v) is 9.67. The van der Waals surface area contributed by atoms with Gasteiger partial charge in [0.1, 0.15) is 11.8 Å². The molecule has 1 heterocycles. The molecule has 0 bridgehead atoms. The molecule has 16 heavy (non-hydrogen) atoms. The van der Waals surface area contributed by atoms with Crippen molar-refractivity contribution in [3.05, 3.63) is 28.8 Å². The smallest absolute Gasteiger partial charge is 0.241 e. The number of rotatable bonds is 2. The minimum atomic E-state index is -0.387. The van der Waals surface area contributed by atoms with Crippen LogP contribution in [0.3, 0.4) is 0 Å². The Morgan fingerprint density at radius 2 is 2.25 bits per heavy atom. The van der Waals surface area contributed by atoms with Crippen LogP contribution >= 0.6 is 11.6 Å². The van der Waals surface area contributed by atoms with Gasteiger partial charge in [-0.1, -0.05) is 11.6 Å². The molecule has 0 radical (unpaired) electrons. The highest BCUT2D eigenvalue weighted by Crippen LogP contribution is 2.28. The van der Waals surface area contributed by atoms with Crippen LogP contribution in [0.25, 0.3) is 0 Å². The molecule has 0 spiro atoms. The summed E-state index contributed by atoms with van der Waals surface area (Å²) in [6.45, 7) is 1.39. The zero-order valence-electron chi connectivity index (χ0n) is 8.92. The number of hydrogen-bond donors (Lipinski definition) is 2. The Kier molecular flexibility index (Phi) is 3.31. The summed E-state index contributed by atoms with van der Waals surface area (Å²) in [6, 6.07) is 4.87. The summed E-state index contributed by atoms with van der Waals surface area (Å²) < 4.78 is 5.22. The topological polar surface area (TPSA) is 50.4 Å². The Morgan fingerprint density at radius 3 is 2.94 bits per heavy atom. The third kappa shape index (κ3) is 2.13. The zero-order chi connectivity index (χ0) is 11.5. The van der Waals surface area contributed by atoms with E-state index in [-0.39, 0.29) is 11.9 Å². The van der Waals surface area contributed by atoms with Crippen molar-refractivity contribution in [2.24, 2.45) is 0 Å². The molecule has 0 saturated carbocycles. The van der Waals surface area contributed by atoms with E-state index in [1.165, 1.54) is 0 Å². The first-order valence-corrected chi connectivity index (χ1v) is 5.44. The summed E-state index contributed by atoms with van der Waals surface area (Å²) in [6.07, 6.45) is 0. The molecule has 1 aliphatic rings. The van der Waals surface area contributed by atoms with E-state index >= 15 is 0 Å². The molecule has 5 heteroatoms. The van der Waals surface area contributed by atoms with Crippen LogP contribution in [0.2, 0.25) is 5.02 Å². The van der Waals surface area contributed by atoms with Gasteiger partial charge in [0.25, 0.3) is 0 Å². The van der Waals surface area contributed by atoms with Crippen molar-refractivity contribution in [2.45, 2.75) is 6.04 Å². The lowest BCUT2D eigenvalue weighted by Crippen LogP contribution is -2.47. The summed E-state index contributed by atoms with van der Waals surface area (Å²) in [5, 5.41) is 6.53. The van der Waals surface area contributed by atoms with Gasteiger partial charge in [0.05, 0.1) is 7.11 Å². The molecular weight excluding hydrogens is 228 g/mol. The van der Waals surface area contributed by atoms with E-state index < -0.39 is 0 Å². The quantitative estimate of drug-likeness (QED) is 0.814. The summed E-state index contributed by atoms with van der Waals surface area (Å²) in [5.74, 6) is 0.616. The van der Waals surface area contributed by atoms with E-state index in [1.54, 1.807) is 25.3 Å². The van der Waals surface area contributed by atoms with Crippen LogP contribution in [0.15, 0.2) is 18.2 Å². The van der Waals surface area contributed by atoms with Gasteiger partial charge in [0.2, 0.25) is 5.91 Å². The number of carbonyl (C=O) groups excluding carboxylic acids is 1. The van der Waals surface area contributed by atoms with Crippen LogP contribution in [0.5, 0.6) is 5.75 Å². The lowest BCUT2D eigenvalue weighted by atomic mass is 10.0. The van der Waals surface area contributed by atoms with Gasteiger partial charge in [-0.05, 0) is 18.2 Å². The second kappa shape index (κ2) is 4.72. The molecule has 1 fully saturated rings. The SMILES string of the molecule is COc1ccc(Cl)cc1C1NCCNC1=O. The van der Waals surface area contributed by atoms with E-state index in [0.717, 1.165) is 12.1 Å². The molecular formula is C11H13ClN2O2. The number of nitrogens with one attached hydrogen (secondary N) is 2. The fraction of sp³-hybridized carbons (Fsp3) is 0.364. The number of ether oxygens (including phenoxy) is 1. The Bertz CT molecular complexity index is 409. The molecule has 86 valence electrons. The number of hydrogen-bond acceptors (Lipinski definition) is 3. The largest absolute Gasteiger partial charge is 0.496 e. The summed E-state index contributed by atoms with van der Waals surface area (Å²) in [7, 11) is 1.58. The Hall–Kier alpha value is -1.26. The molecule has 1 aliphatic heterocycles. The molecule has 2 N–H and O–H groups in total. The Balaban J connectivity index is 2.36. The highest BCUT2D eigenvalue weighted by molar-refractivity contribution is 6.30. The summed E-state index contributed by atoms with van der Waals surface area (Å²) in [5.41, 5.74) is 0.771. The fourth-order valence-corrected chi connectivity index (χ4v) is 1.96. The number of methoxy groups -OCH3 is 1. The average molecular weight is 241 g/mol. The molecule has 2 rings (SSSR count). The van der Waals surface area contributed by atoms with Crippen molar-refractivity contribution in [1.82, 2.24) is 10.6 Å².